The van der Waals surface area contributed by atoms with Gasteiger partial charge in [0.2, 0.25) is 0 Å². The number of Topliss-reactive ketones (excluding diaryl/α,β-unsaturated/α-hetero) is 1. The largest absolute Gasteiger partial charge is 0.330 e. The third-order valence-electron chi connectivity index (χ3n) is 3.05. The predicted octanol–water partition coefficient (Wildman–Crippen LogP) is 2.76. The van der Waals surface area contributed by atoms with Crippen LogP contribution in [-0.4, -0.2) is 12.3 Å². The summed E-state index contributed by atoms with van der Waals surface area (Å²) in [5.74, 6) is 4.10. The van der Waals surface area contributed by atoms with E-state index in [1.807, 2.05) is 0 Å². The lowest BCUT2D eigenvalue weighted by atomic mass is 9.87. The van der Waals surface area contributed by atoms with Crippen molar-refractivity contribution in [2.45, 2.75) is 52.4 Å². The predicted molar refractivity (Wildman–Crippen MR) is 68.9 cm³/mol. The molecular formula is C14H25NO. The number of hydrogen-bond donors (Lipinski definition) is 1. The van der Waals surface area contributed by atoms with Crippen LogP contribution in [0.2, 0.25) is 0 Å². The molecule has 0 radical (unpaired) electrons. The molecule has 1 atom stereocenters. The van der Waals surface area contributed by atoms with Crippen LogP contribution in [0.4, 0.5) is 0 Å². The number of carbonyl (C=O) groups is 1. The molecule has 0 rings (SSSR count). The number of rotatable bonds is 9. The van der Waals surface area contributed by atoms with Gasteiger partial charge in [0.25, 0.3) is 0 Å². The zero-order valence-electron chi connectivity index (χ0n) is 10.7. The molecule has 0 aliphatic rings. The van der Waals surface area contributed by atoms with E-state index in [-0.39, 0.29) is 0 Å². The van der Waals surface area contributed by atoms with Crippen LogP contribution in [0.15, 0.2) is 0 Å². The van der Waals surface area contributed by atoms with Gasteiger partial charge in [-0.1, -0.05) is 13.8 Å². The first-order valence-corrected chi connectivity index (χ1v) is 6.27. The van der Waals surface area contributed by atoms with Crippen LogP contribution in [0, 0.1) is 24.2 Å². The highest BCUT2D eigenvalue weighted by atomic mass is 16.1. The Morgan fingerprint density at radius 1 is 1.31 bits per heavy atom. The van der Waals surface area contributed by atoms with Crippen molar-refractivity contribution in [1.82, 2.24) is 0 Å². The van der Waals surface area contributed by atoms with Gasteiger partial charge in [-0.2, -0.15) is 0 Å². The summed E-state index contributed by atoms with van der Waals surface area (Å²) in [6.45, 7) is 5.11. The summed E-state index contributed by atoms with van der Waals surface area (Å²) < 4.78 is 0. The third-order valence-corrected chi connectivity index (χ3v) is 3.05. The van der Waals surface area contributed by atoms with Crippen molar-refractivity contribution < 1.29 is 4.79 Å². The van der Waals surface area contributed by atoms with Crippen molar-refractivity contribution in [2.75, 3.05) is 6.54 Å². The SMILES string of the molecule is C#CCCCC(=O)CCC(CCN)C(C)C. The first-order valence-electron chi connectivity index (χ1n) is 6.27. The summed E-state index contributed by atoms with van der Waals surface area (Å²) in [4.78, 5) is 11.5. The van der Waals surface area contributed by atoms with Crippen molar-refractivity contribution in [2.24, 2.45) is 17.6 Å². The van der Waals surface area contributed by atoms with Gasteiger partial charge < -0.3 is 5.73 Å². The number of hydrogen-bond acceptors (Lipinski definition) is 2. The maximum Gasteiger partial charge on any atom is 0.132 e. The fraction of sp³-hybridized carbons (Fsp3) is 0.786. The maximum absolute atomic E-state index is 11.5. The molecule has 0 saturated heterocycles. The highest BCUT2D eigenvalue weighted by Crippen LogP contribution is 2.21. The van der Waals surface area contributed by atoms with Crippen molar-refractivity contribution in [3.05, 3.63) is 0 Å². The van der Waals surface area contributed by atoms with Crippen LogP contribution in [0.25, 0.3) is 0 Å². The Morgan fingerprint density at radius 3 is 2.50 bits per heavy atom. The Balaban J connectivity index is 3.74. The first-order chi connectivity index (χ1) is 7.61. The summed E-state index contributed by atoms with van der Waals surface area (Å²) in [6, 6.07) is 0. The Bertz CT molecular complexity index is 227. The van der Waals surface area contributed by atoms with Crippen LogP contribution >= 0.6 is 0 Å². The molecule has 0 amide bonds. The molecule has 92 valence electrons. The fourth-order valence-corrected chi connectivity index (χ4v) is 1.88. The van der Waals surface area contributed by atoms with Crippen LogP contribution < -0.4 is 5.73 Å². The molecular weight excluding hydrogens is 198 g/mol. The maximum atomic E-state index is 11.5. The Morgan fingerprint density at radius 2 is 2.00 bits per heavy atom. The minimum absolute atomic E-state index is 0.345. The molecule has 0 aliphatic heterocycles. The Labute approximate surface area is 100.0 Å². The highest BCUT2D eigenvalue weighted by molar-refractivity contribution is 5.78. The van der Waals surface area contributed by atoms with E-state index in [9.17, 15) is 4.79 Å². The van der Waals surface area contributed by atoms with Gasteiger partial charge in [-0.05, 0) is 37.6 Å². The van der Waals surface area contributed by atoms with Crippen molar-refractivity contribution >= 4 is 5.78 Å². The molecule has 16 heavy (non-hydrogen) atoms. The van der Waals surface area contributed by atoms with Gasteiger partial charge >= 0.3 is 0 Å². The minimum atomic E-state index is 0.345. The van der Waals surface area contributed by atoms with Gasteiger partial charge in [0.15, 0.2) is 0 Å². The molecule has 0 spiro atoms. The van der Waals surface area contributed by atoms with E-state index in [1.54, 1.807) is 0 Å². The summed E-state index contributed by atoms with van der Waals surface area (Å²) in [6.07, 6.45) is 10.0. The number of terminal acetylenes is 1. The lowest BCUT2D eigenvalue weighted by molar-refractivity contribution is -0.119. The van der Waals surface area contributed by atoms with E-state index < -0.39 is 0 Å². The smallest absolute Gasteiger partial charge is 0.132 e. The van der Waals surface area contributed by atoms with E-state index in [4.69, 9.17) is 12.2 Å². The van der Waals surface area contributed by atoms with Crippen LogP contribution in [0.5, 0.6) is 0 Å². The molecule has 0 aromatic rings. The fourth-order valence-electron chi connectivity index (χ4n) is 1.88. The summed E-state index contributed by atoms with van der Waals surface area (Å²) in [5, 5.41) is 0. The average Bonchev–Trinajstić information content (AvgIpc) is 2.24. The molecule has 2 nitrogen and oxygen atoms in total. The van der Waals surface area contributed by atoms with Crippen LogP contribution in [-0.2, 0) is 4.79 Å². The molecule has 0 aliphatic carbocycles. The lowest BCUT2D eigenvalue weighted by Gasteiger charge is -2.19. The summed E-state index contributed by atoms with van der Waals surface area (Å²) in [5.41, 5.74) is 5.56. The van der Waals surface area contributed by atoms with E-state index in [0.717, 1.165) is 19.3 Å². The van der Waals surface area contributed by atoms with Gasteiger partial charge in [0.05, 0.1) is 0 Å². The molecule has 1 unspecified atom stereocenters. The first kappa shape index (κ1) is 15.2. The quantitative estimate of drug-likeness (QED) is 0.482. The van der Waals surface area contributed by atoms with Gasteiger partial charge in [-0.25, -0.2) is 0 Å². The van der Waals surface area contributed by atoms with E-state index in [1.165, 1.54) is 0 Å². The monoisotopic (exact) mass is 223 g/mol. The van der Waals surface area contributed by atoms with Crippen molar-refractivity contribution in [3.63, 3.8) is 0 Å². The van der Waals surface area contributed by atoms with Crippen LogP contribution in [0.3, 0.4) is 0 Å². The Hall–Kier alpha value is -0.810. The average molecular weight is 223 g/mol. The topological polar surface area (TPSA) is 43.1 Å². The minimum Gasteiger partial charge on any atom is -0.330 e. The molecule has 0 bridgehead atoms. The van der Waals surface area contributed by atoms with Gasteiger partial charge in [0.1, 0.15) is 5.78 Å². The lowest BCUT2D eigenvalue weighted by Crippen LogP contribution is -2.15. The molecule has 0 fully saturated rings. The number of ketones is 1. The van der Waals surface area contributed by atoms with Gasteiger partial charge in [-0.3, -0.25) is 4.79 Å². The van der Waals surface area contributed by atoms with Crippen molar-refractivity contribution in [3.8, 4) is 12.3 Å². The third kappa shape index (κ3) is 7.48. The van der Waals surface area contributed by atoms with Crippen LogP contribution in [0.1, 0.15) is 52.4 Å². The Kier molecular flexibility index (Phi) is 8.94. The number of nitrogens with two attached hydrogens (primary N) is 1. The van der Waals surface area contributed by atoms with E-state index >= 15 is 0 Å². The zero-order chi connectivity index (χ0) is 12.4. The van der Waals surface area contributed by atoms with Crippen molar-refractivity contribution in [1.29, 1.82) is 0 Å². The van der Waals surface area contributed by atoms with Gasteiger partial charge in [0, 0.05) is 19.3 Å². The normalized spacial score (nSPS) is 12.4. The number of unbranched alkanes of at least 4 members (excludes halogenated alkanes) is 1. The molecule has 0 saturated carbocycles. The summed E-state index contributed by atoms with van der Waals surface area (Å²) >= 11 is 0. The second-order valence-corrected chi connectivity index (χ2v) is 4.72. The molecule has 2 heteroatoms. The highest BCUT2D eigenvalue weighted by Gasteiger charge is 2.14. The zero-order valence-corrected chi connectivity index (χ0v) is 10.7. The molecule has 0 heterocycles. The standard InChI is InChI=1S/C14H25NO/c1-4-5-6-7-14(16)9-8-13(10-11-15)12(2)3/h1,12-13H,5-11,15H2,2-3H3. The molecule has 0 aromatic heterocycles. The summed E-state index contributed by atoms with van der Waals surface area (Å²) in [7, 11) is 0. The van der Waals surface area contributed by atoms with E-state index in [2.05, 4.69) is 19.8 Å². The second kappa shape index (κ2) is 9.42. The molecule has 2 N–H and O–H groups in total. The van der Waals surface area contributed by atoms with E-state index in [0.29, 0.717) is 43.4 Å². The molecule has 0 aromatic carbocycles. The second-order valence-electron chi connectivity index (χ2n) is 4.72. The van der Waals surface area contributed by atoms with Gasteiger partial charge in [-0.15, -0.1) is 12.3 Å². The number of carbonyl (C=O) groups excluding carboxylic acids is 1.